The molecule has 4 aliphatic carbocycles. The van der Waals surface area contributed by atoms with Crippen molar-refractivity contribution in [3.05, 3.63) is 0 Å². The predicted octanol–water partition coefficient (Wildman–Crippen LogP) is 0.613. The first kappa shape index (κ1) is 32.9. The molecule has 6 aliphatic heterocycles. The third-order valence-electron chi connectivity index (χ3n) is 13.7. The van der Waals surface area contributed by atoms with Gasteiger partial charge in [-0.05, 0) is 99.7 Å². The molecule has 51 heavy (non-hydrogen) atoms. The average molecular weight is 731 g/mol. The molecule has 0 unspecified atom stereocenters. The monoisotopic (exact) mass is 730 g/mol. The van der Waals surface area contributed by atoms with E-state index in [9.17, 15) is 27.6 Å². The van der Waals surface area contributed by atoms with Gasteiger partial charge in [-0.15, -0.1) is 8.57 Å². The molecule has 2 N–H and O–H groups in total. The van der Waals surface area contributed by atoms with Crippen LogP contribution in [-0.4, -0.2) is 151 Å². The summed E-state index contributed by atoms with van der Waals surface area (Å²) in [7, 11) is -4.88. The van der Waals surface area contributed by atoms with E-state index in [0.717, 1.165) is 73.8 Å². The highest BCUT2D eigenvalue weighted by molar-refractivity contribution is 7.81. The standard InChI is InChI=1S/C34H50N8O8S/c43-29(35-23-9-33(10-23)17-37(18-33)13-21-1-2-21)27-7-5-25-15-39(27)31(45)41(25)49-51(47,48)50-42-26-6-8-28(40(16-26)32(42)46)30(44)36-24-11-34(12-24)19-38(20-34)14-22-3-4-22/h21-28H,1-20H2,(H,35,43)(H,36,44)/t25-,26-,27+,28+/m1/s1. The summed E-state index contributed by atoms with van der Waals surface area (Å²) < 4.78 is 36.7. The molecule has 10 fully saturated rings. The van der Waals surface area contributed by atoms with E-state index >= 15 is 0 Å². The van der Waals surface area contributed by atoms with Crippen molar-refractivity contribution in [1.82, 2.24) is 40.4 Å². The second-order valence-electron chi connectivity index (χ2n) is 18.0. The molecule has 17 heteroatoms. The first-order chi connectivity index (χ1) is 24.4. The Kier molecular flexibility index (Phi) is 7.50. The number of likely N-dealkylation sites (tertiary alicyclic amines) is 2. The number of hydrogen-bond acceptors (Lipinski definition) is 10. The highest BCUT2D eigenvalue weighted by Gasteiger charge is 2.57. The summed E-state index contributed by atoms with van der Waals surface area (Å²) in [5, 5.41) is 7.80. The molecule has 6 amide bonds. The number of hydroxylamine groups is 4. The smallest absolute Gasteiger partial charge is 0.352 e. The van der Waals surface area contributed by atoms with E-state index in [4.69, 9.17) is 8.57 Å². The number of carbonyl (C=O) groups excluding carboxylic acids is 4. The minimum absolute atomic E-state index is 0.0939. The van der Waals surface area contributed by atoms with Gasteiger partial charge in [0.05, 0.1) is 12.1 Å². The zero-order chi connectivity index (χ0) is 34.9. The third-order valence-corrected chi connectivity index (χ3v) is 14.4. The van der Waals surface area contributed by atoms with Crippen LogP contribution in [0.3, 0.4) is 0 Å². The molecule has 10 aliphatic rings. The summed E-state index contributed by atoms with van der Waals surface area (Å²) >= 11 is 0. The van der Waals surface area contributed by atoms with Gasteiger partial charge in [-0.3, -0.25) is 9.59 Å². The first-order valence-electron chi connectivity index (χ1n) is 19.3. The van der Waals surface area contributed by atoms with Crippen LogP contribution in [0.5, 0.6) is 0 Å². The number of fused-ring (bicyclic) bond motifs is 4. The fraction of sp³-hybridized carbons (Fsp3) is 0.882. The molecular weight excluding hydrogens is 680 g/mol. The van der Waals surface area contributed by atoms with Gasteiger partial charge in [-0.1, -0.05) is 0 Å². The number of carbonyl (C=O) groups is 4. The van der Waals surface area contributed by atoms with Gasteiger partial charge in [0.2, 0.25) is 11.8 Å². The number of amides is 6. The van der Waals surface area contributed by atoms with Gasteiger partial charge in [-0.2, -0.15) is 18.5 Å². The number of nitrogens with zero attached hydrogens (tertiary/aromatic N) is 6. The van der Waals surface area contributed by atoms with Crippen molar-refractivity contribution in [2.45, 2.75) is 113 Å². The van der Waals surface area contributed by atoms with Crippen LogP contribution in [-0.2, 0) is 28.6 Å². The minimum Gasteiger partial charge on any atom is -0.352 e. The van der Waals surface area contributed by atoms with Crippen LogP contribution < -0.4 is 10.6 Å². The molecule has 0 radical (unpaired) electrons. The average Bonchev–Trinajstić information content (AvgIpc) is 3.97. The minimum atomic E-state index is -4.88. The van der Waals surface area contributed by atoms with E-state index < -0.39 is 46.6 Å². The summed E-state index contributed by atoms with van der Waals surface area (Å²) in [4.78, 5) is 61.1. The van der Waals surface area contributed by atoms with E-state index in [1.54, 1.807) is 0 Å². The number of rotatable bonds is 12. The summed E-state index contributed by atoms with van der Waals surface area (Å²) in [6.45, 7) is 7.13. The van der Waals surface area contributed by atoms with Gasteiger partial charge in [0.1, 0.15) is 12.1 Å². The van der Waals surface area contributed by atoms with Crippen molar-refractivity contribution in [2.24, 2.45) is 22.7 Å². The zero-order valence-electron chi connectivity index (χ0n) is 29.1. The summed E-state index contributed by atoms with van der Waals surface area (Å²) in [6.07, 6.45) is 10.8. The topological polar surface area (TPSA) is 164 Å². The molecule has 6 heterocycles. The summed E-state index contributed by atoms with van der Waals surface area (Å²) in [5.74, 6) is 1.33. The molecule has 0 aromatic heterocycles. The normalized spacial score (nSPS) is 35.5. The maximum absolute atomic E-state index is 13.4. The van der Waals surface area contributed by atoms with Crippen LogP contribution in [0.15, 0.2) is 0 Å². The Morgan fingerprint density at radius 2 is 1.02 bits per heavy atom. The molecule has 6 saturated heterocycles. The molecular formula is C34H50N8O8S. The third kappa shape index (κ3) is 5.98. The Morgan fingerprint density at radius 3 is 1.39 bits per heavy atom. The summed E-state index contributed by atoms with van der Waals surface area (Å²) in [5.41, 5.74) is 0.638. The van der Waals surface area contributed by atoms with Gasteiger partial charge in [0, 0.05) is 64.4 Å². The lowest BCUT2D eigenvalue weighted by Crippen LogP contribution is -2.67. The highest BCUT2D eigenvalue weighted by Crippen LogP contribution is 2.51. The van der Waals surface area contributed by atoms with E-state index in [-0.39, 0.29) is 37.0 Å². The molecule has 0 aromatic rings. The quantitative estimate of drug-likeness (QED) is 0.291. The Hall–Kier alpha value is -2.73. The van der Waals surface area contributed by atoms with Gasteiger partial charge in [0.25, 0.3) is 0 Å². The van der Waals surface area contributed by atoms with Gasteiger partial charge in [-0.25, -0.2) is 9.59 Å². The first-order valence-corrected chi connectivity index (χ1v) is 20.7. The Morgan fingerprint density at radius 1 is 0.627 bits per heavy atom. The molecule has 4 bridgehead atoms. The van der Waals surface area contributed by atoms with Crippen molar-refractivity contribution in [2.75, 3.05) is 52.4 Å². The fourth-order valence-corrected chi connectivity index (χ4v) is 11.7. The van der Waals surface area contributed by atoms with Crippen molar-refractivity contribution in [3.63, 3.8) is 0 Å². The molecule has 10 rings (SSSR count). The van der Waals surface area contributed by atoms with Crippen LogP contribution in [0.4, 0.5) is 9.59 Å². The van der Waals surface area contributed by atoms with Crippen LogP contribution >= 0.6 is 0 Å². The van der Waals surface area contributed by atoms with Gasteiger partial charge >= 0.3 is 22.5 Å². The Balaban J connectivity index is 0.689. The van der Waals surface area contributed by atoms with Crippen molar-refractivity contribution in [3.8, 4) is 0 Å². The predicted molar refractivity (Wildman–Crippen MR) is 178 cm³/mol. The lowest BCUT2D eigenvalue weighted by atomic mass is 9.60. The Labute approximate surface area is 298 Å². The van der Waals surface area contributed by atoms with Crippen LogP contribution in [0.1, 0.15) is 77.0 Å². The van der Waals surface area contributed by atoms with Crippen LogP contribution in [0, 0.1) is 22.7 Å². The largest absolute Gasteiger partial charge is 0.442 e. The Bertz CT molecular complexity index is 1480. The molecule has 4 saturated carbocycles. The lowest BCUT2D eigenvalue weighted by Gasteiger charge is -2.59. The molecule has 16 nitrogen and oxygen atoms in total. The maximum atomic E-state index is 13.4. The van der Waals surface area contributed by atoms with Gasteiger partial charge < -0.3 is 30.2 Å². The lowest BCUT2D eigenvalue weighted by molar-refractivity contribution is -0.132. The van der Waals surface area contributed by atoms with E-state index in [0.29, 0.717) is 36.5 Å². The number of piperidine rings is 2. The molecule has 280 valence electrons. The number of urea groups is 2. The maximum Gasteiger partial charge on any atom is 0.442 e. The fourth-order valence-electron chi connectivity index (χ4n) is 10.9. The molecule has 0 aromatic carbocycles. The zero-order valence-corrected chi connectivity index (χ0v) is 29.9. The molecule has 2 spiro atoms. The van der Waals surface area contributed by atoms with Crippen molar-refractivity contribution in [1.29, 1.82) is 0 Å². The number of nitrogens with one attached hydrogen (secondary N) is 2. The summed E-state index contributed by atoms with van der Waals surface area (Å²) in [6, 6.07) is -3.79. The van der Waals surface area contributed by atoms with Crippen molar-refractivity contribution < 1.29 is 36.2 Å². The van der Waals surface area contributed by atoms with E-state index in [1.807, 2.05) is 0 Å². The SMILES string of the molecule is O=C(NC1CC2(C1)CN(CC1CC1)C2)[C@@H]1CC[C@@H]2CN1C(=O)N2OS(=O)(=O)ON1C(=O)N2C[C@H]1CC[C@H]2C(=O)NC1CC2(C1)CN(CC1CC1)C2. The van der Waals surface area contributed by atoms with Crippen molar-refractivity contribution >= 4 is 34.3 Å². The molecule has 4 atom stereocenters. The second-order valence-corrected chi connectivity index (χ2v) is 19.1. The highest BCUT2D eigenvalue weighted by atomic mass is 32.3. The van der Waals surface area contributed by atoms with Crippen LogP contribution in [0.25, 0.3) is 0 Å². The number of hydrogen-bond donors (Lipinski definition) is 2. The van der Waals surface area contributed by atoms with E-state index in [2.05, 4.69) is 20.4 Å². The van der Waals surface area contributed by atoms with E-state index in [1.165, 1.54) is 48.6 Å². The van der Waals surface area contributed by atoms with Crippen LogP contribution in [0.2, 0.25) is 0 Å². The second kappa shape index (κ2) is 11.6. The van der Waals surface area contributed by atoms with Gasteiger partial charge in [0.15, 0.2) is 0 Å².